The topological polar surface area (TPSA) is 63.6 Å². The molecule has 4 nitrogen and oxygen atoms in total. The fourth-order valence-electron chi connectivity index (χ4n) is 4.69. The highest BCUT2D eigenvalue weighted by Crippen LogP contribution is 2.40. The number of rotatable bonds is 14. The summed E-state index contributed by atoms with van der Waals surface area (Å²) in [4.78, 5) is 24.1. The molecule has 1 atom stereocenters. The van der Waals surface area contributed by atoms with Gasteiger partial charge in [-0.2, -0.15) is 0 Å². The molecule has 0 spiro atoms. The molecule has 0 aromatic rings. The van der Waals surface area contributed by atoms with Crippen LogP contribution in [0.5, 0.6) is 0 Å². The third-order valence-corrected chi connectivity index (χ3v) is 7.29. The normalized spacial score (nSPS) is 19.9. The van der Waals surface area contributed by atoms with Crippen molar-refractivity contribution in [2.24, 2.45) is 5.41 Å². The van der Waals surface area contributed by atoms with Crippen LogP contribution in [0.15, 0.2) is 142 Å². The van der Waals surface area contributed by atoms with E-state index in [1.165, 1.54) is 6.92 Å². The van der Waals surface area contributed by atoms with Gasteiger partial charge in [0.15, 0.2) is 11.9 Å². The largest absolute Gasteiger partial charge is 0.454 e. The number of ketones is 1. The molecule has 0 aromatic heterocycles. The maximum Gasteiger partial charge on any atom is 0.303 e. The molecule has 1 N–H and O–H groups in total. The van der Waals surface area contributed by atoms with E-state index in [2.05, 4.69) is 83.2 Å². The number of carbonyl (C=O) groups is 2. The van der Waals surface area contributed by atoms with Crippen LogP contribution in [0.4, 0.5) is 0 Å². The number of allylic oxidation sites excluding steroid dienone is 22. The van der Waals surface area contributed by atoms with Crippen molar-refractivity contribution in [1.29, 1.82) is 0 Å². The highest BCUT2D eigenvalue weighted by atomic mass is 16.5. The molecule has 0 fully saturated rings. The molecule has 1 rings (SSSR count). The second-order valence-electron chi connectivity index (χ2n) is 13.4. The molecule has 1 unspecified atom stereocenters. The van der Waals surface area contributed by atoms with Gasteiger partial charge in [0, 0.05) is 13.3 Å². The van der Waals surface area contributed by atoms with Gasteiger partial charge < -0.3 is 9.84 Å². The summed E-state index contributed by atoms with van der Waals surface area (Å²) in [5, 5.41) is 9.78. The molecule has 1 aliphatic rings. The zero-order chi connectivity index (χ0) is 34.9. The summed E-state index contributed by atoms with van der Waals surface area (Å²) in [7, 11) is 0. The molecule has 0 heterocycles. The summed E-state index contributed by atoms with van der Waals surface area (Å²) in [6.45, 7) is 21.2. The van der Waals surface area contributed by atoms with Crippen molar-refractivity contribution < 1.29 is 19.4 Å². The summed E-state index contributed by atoms with van der Waals surface area (Å²) in [6.07, 6.45) is 35.2. The van der Waals surface area contributed by atoms with Crippen LogP contribution >= 0.6 is 0 Å². The smallest absolute Gasteiger partial charge is 0.303 e. The van der Waals surface area contributed by atoms with Gasteiger partial charge in [-0.15, -0.1) is 0 Å². The molecular weight excluding hydrogens is 568 g/mol. The van der Waals surface area contributed by atoms with Crippen LogP contribution in [-0.2, 0) is 14.3 Å². The molecular formula is C42H56O4. The van der Waals surface area contributed by atoms with Crippen LogP contribution in [0.3, 0.4) is 0 Å². The Morgan fingerprint density at radius 2 is 1.17 bits per heavy atom. The van der Waals surface area contributed by atoms with E-state index in [1.54, 1.807) is 13.8 Å². The Kier molecular flexibility index (Phi) is 16.9. The van der Waals surface area contributed by atoms with Gasteiger partial charge in [0.25, 0.3) is 0 Å². The minimum absolute atomic E-state index is 0.117. The first-order valence-electron chi connectivity index (χ1n) is 16.0. The van der Waals surface area contributed by atoms with E-state index in [0.29, 0.717) is 18.4 Å². The number of hydrogen-bond donors (Lipinski definition) is 1. The van der Waals surface area contributed by atoms with E-state index in [-0.39, 0.29) is 11.2 Å². The molecule has 0 bridgehead atoms. The van der Waals surface area contributed by atoms with Gasteiger partial charge in [-0.05, 0) is 78.4 Å². The maximum atomic E-state index is 12.7. The van der Waals surface area contributed by atoms with Crippen molar-refractivity contribution in [3.63, 3.8) is 0 Å². The predicted molar refractivity (Wildman–Crippen MR) is 196 cm³/mol. The van der Waals surface area contributed by atoms with E-state index in [4.69, 9.17) is 4.74 Å². The molecule has 0 saturated carbocycles. The highest BCUT2D eigenvalue weighted by molar-refractivity contribution is 6.01. The highest BCUT2D eigenvalue weighted by Gasteiger charge is 2.39. The van der Waals surface area contributed by atoms with Gasteiger partial charge in [-0.25, -0.2) is 0 Å². The predicted octanol–water partition coefficient (Wildman–Crippen LogP) is 10.5. The van der Waals surface area contributed by atoms with Gasteiger partial charge in [-0.3, -0.25) is 9.59 Å². The number of Topliss-reactive ketones (excluding diaryl/α,β-unsaturated/α-hetero) is 1. The van der Waals surface area contributed by atoms with Crippen LogP contribution in [0, 0.1) is 5.41 Å². The fraction of sp³-hybridized carbons (Fsp3) is 0.381. The Morgan fingerprint density at radius 3 is 1.61 bits per heavy atom. The fourth-order valence-corrected chi connectivity index (χ4v) is 4.69. The Morgan fingerprint density at radius 1 is 0.761 bits per heavy atom. The molecule has 0 amide bonds. The molecule has 248 valence electrons. The summed E-state index contributed by atoms with van der Waals surface area (Å²) >= 11 is 0. The molecule has 0 aliphatic heterocycles. The number of esters is 1. The molecule has 0 saturated heterocycles. The zero-order valence-electron chi connectivity index (χ0n) is 30.0. The lowest BCUT2D eigenvalue weighted by molar-refractivity contribution is -0.153. The van der Waals surface area contributed by atoms with Gasteiger partial charge >= 0.3 is 5.97 Å². The molecule has 1 aliphatic carbocycles. The van der Waals surface area contributed by atoms with E-state index >= 15 is 0 Å². The van der Waals surface area contributed by atoms with Gasteiger partial charge in [0.2, 0.25) is 0 Å². The van der Waals surface area contributed by atoms with Crippen molar-refractivity contribution >= 4 is 11.8 Å². The Bertz CT molecular complexity index is 1440. The van der Waals surface area contributed by atoms with E-state index in [1.807, 2.05) is 75.5 Å². The lowest BCUT2D eigenvalue weighted by Gasteiger charge is -2.36. The molecule has 46 heavy (non-hydrogen) atoms. The quantitative estimate of drug-likeness (QED) is 0.154. The second kappa shape index (κ2) is 19.5. The van der Waals surface area contributed by atoms with Gasteiger partial charge in [0.1, 0.15) is 0 Å². The van der Waals surface area contributed by atoms with Crippen molar-refractivity contribution in [3.05, 3.63) is 142 Å². The molecule has 0 aromatic carbocycles. The van der Waals surface area contributed by atoms with Crippen molar-refractivity contribution in [3.8, 4) is 0 Å². The lowest BCUT2D eigenvalue weighted by atomic mass is 9.71. The average molecular weight is 625 g/mol. The first-order chi connectivity index (χ1) is 21.4. The number of hydrogen-bond acceptors (Lipinski definition) is 4. The van der Waals surface area contributed by atoms with Crippen LogP contribution in [0.1, 0.15) is 89.0 Å². The van der Waals surface area contributed by atoms with E-state index in [9.17, 15) is 14.7 Å². The van der Waals surface area contributed by atoms with Crippen LogP contribution < -0.4 is 0 Å². The first kappa shape index (κ1) is 40.0. The maximum absolute atomic E-state index is 12.7. The Balaban J connectivity index is 2.70. The monoisotopic (exact) mass is 624 g/mol. The van der Waals surface area contributed by atoms with Crippen LogP contribution in [0.2, 0.25) is 0 Å². The Labute approximate surface area is 279 Å². The standard InChI is InChI=1S/C42H56O4/c1-31(20-14-22-33(3)23-15-24-34(4)26-17-29-42(10,11)45)18-12-13-19-32(2)21-16-25-35(5)27-28-38-36(6)40(44)39(46-37(7)43)30-41(38,8)9/h12-28,39,45H,29-30H2,1-11H3. The minimum atomic E-state index is -0.707. The molecule has 4 heteroatoms. The summed E-state index contributed by atoms with van der Waals surface area (Å²) in [5.41, 5.74) is 6.32. The van der Waals surface area contributed by atoms with Crippen LogP contribution in [0.25, 0.3) is 0 Å². The third-order valence-electron chi connectivity index (χ3n) is 7.29. The van der Waals surface area contributed by atoms with E-state index in [0.717, 1.165) is 33.4 Å². The Hall–Kier alpha value is -4.02. The number of aliphatic hydroxyl groups is 1. The van der Waals surface area contributed by atoms with E-state index < -0.39 is 17.7 Å². The average Bonchev–Trinajstić information content (AvgIpc) is 2.92. The first-order valence-corrected chi connectivity index (χ1v) is 16.0. The van der Waals surface area contributed by atoms with Crippen LogP contribution in [-0.4, -0.2) is 28.6 Å². The van der Waals surface area contributed by atoms with Gasteiger partial charge in [0.05, 0.1) is 5.60 Å². The number of carbonyl (C=O) groups excluding carboxylic acids is 2. The lowest BCUT2D eigenvalue weighted by Crippen LogP contribution is -2.38. The summed E-state index contributed by atoms with van der Waals surface area (Å²) < 4.78 is 5.26. The second-order valence-corrected chi connectivity index (χ2v) is 13.4. The van der Waals surface area contributed by atoms with Crippen molar-refractivity contribution in [2.45, 2.75) is 101 Å². The molecule has 0 radical (unpaired) electrons. The summed E-state index contributed by atoms with van der Waals surface area (Å²) in [5.74, 6) is -0.545. The third kappa shape index (κ3) is 16.9. The SMILES string of the molecule is CC(=O)OC1CC(C)(C)C(C=CC(C)=CC=CC(C)=CC=CC=C(C)C=CC=C(C)C=CC=C(C)C=CCC(C)(C)O)=C(C)C1=O. The van der Waals surface area contributed by atoms with Crippen molar-refractivity contribution in [2.75, 3.05) is 0 Å². The number of ether oxygens (including phenoxy) is 1. The summed E-state index contributed by atoms with van der Waals surface area (Å²) in [6, 6.07) is 0. The van der Waals surface area contributed by atoms with Gasteiger partial charge in [-0.1, -0.05) is 145 Å². The zero-order valence-corrected chi connectivity index (χ0v) is 30.0. The minimum Gasteiger partial charge on any atom is -0.454 e. The van der Waals surface area contributed by atoms with Crippen molar-refractivity contribution in [1.82, 2.24) is 0 Å².